The Morgan fingerprint density at radius 3 is 1.73 bits per heavy atom. The van der Waals surface area contributed by atoms with Crippen molar-refractivity contribution in [3.8, 4) is 0 Å². The number of hydrogen-bond acceptors (Lipinski definition) is 1. The number of hydrogen-bond donors (Lipinski definition) is 0. The predicted octanol–water partition coefficient (Wildman–Crippen LogP) is 8.17. The highest BCUT2D eigenvalue weighted by Gasteiger charge is 2.26. The van der Waals surface area contributed by atoms with Crippen molar-refractivity contribution >= 4 is 5.78 Å². The molecule has 0 saturated carbocycles. The van der Waals surface area contributed by atoms with Crippen LogP contribution >= 0.6 is 0 Å². The number of Topliss-reactive ketones (excluding diaryl/α,β-unsaturated/α-hetero) is 1. The van der Waals surface area contributed by atoms with Gasteiger partial charge < -0.3 is 0 Å². The lowest BCUT2D eigenvalue weighted by Crippen LogP contribution is -2.20. The molecule has 165 valence electrons. The summed E-state index contributed by atoms with van der Waals surface area (Å²) < 4.78 is 0. The maximum absolute atomic E-state index is 13.6. The molecule has 0 fully saturated rings. The first-order chi connectivity index (χ1) is 13.9. The topological polar surface area (TPSA) is 17.1 Å². The summed E-state index contributed by atoms with van der Waals surface area (Å²) in [6, 6.07) is 4.69. The molecule has 1 aliphatic carbocycles. The highest BCUT2D eigenvalue weighted by atomic mass is 16.1. The zero-order chi connectivity index (χ0) is 22.7. The van der Waals surface area contributed by atoms with E-state index in [1.165, 1.54) is 27.8 Å². The molecule has 1 radical (unpaired) electrons. The van der Waals surface area contributed by atoms with Crippen LogP contribution in [-0.2, 0) is 11.2 Å². The Morgan fingerprint density at radius 1 is 0.800 bits per heavy atom. The van der Waals surface area contributed by atoms with Crippen molar-refractivity contribution in [3.05, 3.63) is 64.1 Å². The Labute approximate surface area is 186 Å². The van der Waals surface area contributed by atoms with E-state index in [0.717, 1.165) is 5.57 Å². The molecule has 30 heavy (non-hydrogen) atoms. The number of carbonyl (C=O) groups excluding carboxylic acids is 1. The molecule has 2 rings (SSSR count). The van der Waals surface area contributed by atoms with Gasteiger partial charge in [-0.05, 0) is 64.2 Å². The molecule has 0 bridgehead atoms. The number of ketones is 1. The van der Waals surface area contributed by atoms with Crippen LogP contribution in [0.25, 0.3) is 0 Å². The van der Waals surface area contributed by atoms with E-state index < -0.39 is 0 Å². The summed E-state index contributed by atoms with van der Waals surface area (Å²) in [7, 11) is 0. The molecule has 1 nitrogen and oxygen atoms in total. The van der Waals surface area contributed by atoms with Crippen LogP contribution in [0.15, 0.2) is 35.4 Å². The van der Waals surface area contributed by atoms with Gasteiger partial charge in [0.15, 0.2) is 5.78 Å². The Kier molecular flexibility index (Phi) is 8.31. The van der Waals surface area contributed by atoms with Gasteiger partial charge >= 0.3 is 0 Å². The summed E-state index contributed by atoms with van der Waals surface area (Å²) in [5.41, 5.74) is 7.45. The van der Waals surface area contributed by atoms with Gasteiger partial charge in [0.05, 0.1) is 0 Å². The van der Waals surface area contributed by atoms with E-state index in [9.17, 15) is 4.79 Å². The normalized spacial score (nSPS) is 17.4. The number of benzene rings is 1. The molecule has 0 heterocycles. The third-order valence-corrected chi connectivity index (χ3v) is 6.45. The maximum Gasteiger partial charge on any atom is 0.167 e. The van der Waals surface area contributed by atoms with Crippen molar-refractivity contribution in [3.63, 3.8) is 0 Å². The Hall–Kier alpha value is -1.63. The van der Waals surface area contributed by atoms with Crippen LogP contribution in [0.5, 0.6) is 0 Å². The van der Waals surface area contributed by atoms with Crippen LogP contribution in [0.3, 0.4) is 0 Å². The summed E-state index contributed by atoms with van der Waals surface area (Å²) >= 11 is 0. The lowest BCUT2D eigenvalue weighted by Gasteiger charge is -2.27. The molecule has 0 spiro atoms. The fraction of sp³-hybridized carbons (Fsp3) is 0.586. The lowest BCUT2D eigenvalue weighted by molar-refractivity contribution is -0.114. The maximum atomic E-state index is 13.6. The molecule has 1 unspecified atom stereocenters. The van der Waals surface area contributed by atoms with E-state index in [4.69, 9.17) is 0 Å². The minimum Gasteiger partial charge on any atom is -0.294 e. The molecule has 1 aliphatic rings. The summed E-state index contributed by atoms with van der Waals surface area (Å²) in [6.45, 7) is 22.4. The predicted molar refractivity (Wildman–Crippen MR) is 131 cm³/mol. The third-order valence-electron chi connectivity index (χ3n) is 6.45. The van der Waals surface area contributed by atoms with E-state index in [-0.39, 0.29) is 5.78 Å². The second-order valence-corrected chi connectivity index (χ2v) is 10.6. The smallest absolute Gasteiger partial charge is 0.167 e. The summed E-state index contributed by atoms with van der Waals surface area (Å²) in [6.07, 6.45) is 7.15. The van der Waals surface area contributed by atoms with Crippen molar-refractivity contribution in [2.45, 2.75) is 93.4 Å². The van der Waals surface area contributed by atoms with Crippen molar-refractivity contribution in [1.29, 1.82) is 0 Å². The van der Waals surface area contributed by atoms with Gasteiger partial charge in [-0.3, -0.25) is 4.79 Å². The highest BCUT2D eigenvalue weighted by Crippen LogP contribution is 2.36. The van der Waals surface area contributed by atoms with E-state index >= 15 is 0 Å². The van der Waals surface area contributed by atoms with Gasteiger partial charge in [0.25, 0.3) is 0 Å². The first-order valence-electron chi connectivity index (χ1n) is 11.9. The Morgan fingerprint density at radius 2 is 1.33 bits per heavy atom. The van der Waals surface area contributed by atoms with E-state index in [0.29, 0.717) is 41.9 Å². The van der Waals surface area contributed by atoms with Gasteiger partial charge in [0.2, 0.25) is 0 Å². The molecule has 1 atom stereocenters. The highest BCUT2D eigenvalue weighted by molar-refractivity contribution is 6.01. The second kappa shape index (κ2) is 10.1. The average molecular weight is 408 g/mol. The van der Waals surface area contributed by atoms with Crippen LogP contribution in [0.1, 0.15) is 109 Å². The second-order valence-electron chi connectivity index (χ2n) is 10.6. The minimum atomic E-state index is 0.259. The Bertz CT molecular complexity index is 786. The average Bonchev–Trinajstić information content (AvgIpc) is 2.66. The van der Waals surface area contributed by atoms with Gasteiger partial charge in [-0.25, -0.2) is 0 Å². The van der Waals surface area contributed by atoms with Gasteiger partial charge in [0, 0.05) is 12.0 Å². The molecular weight excluding hydrogens is 364 g/mol. The summed E-state index contributed by atoms with van der Waals surface area (Å²) in [5, 5.41) is 0. The fourth-order valence-corrected chi connectivity index (χ4v) is 4.39. The summed E-state index contributed by atoms with van der Waals surface area (Å²) in [5.74, 6) is 2.88. The van der Waals surface area contributed by atoms with Crippen LogP contribution in [0.2, 0.25) is 0 Å². The van der Waals surface area contributed by atoms with Gasteiger partial charge in [-0.1, -0.05) is 99.1 Å². The molecule has 0 aliphatic heterocycles. The van der Waals surface area contributed by atoms with Crippen LogP contribution in [0, 0.1) is 24.2 Å². The number of rotatable bonds is 8. The fourth-order valence-electron chi connectivity index (χ4n) is 4.39. The molecule has 0 N–H and O–H groups in total. The zero-order valence-corrected chi connectivity index (χ0v) is 21.0. The van der Waals surface area contributed by atoms with Crippen LogP contribution in [0.4, 0.5) is 0 Å². The standard InChI is InChI=1S/C29H43O/c1-17(2)22-11-12-24(25(13-22)19(5)6)29(30)16-28-26(20(7)8)14-23(18(3)4)15-27(28)21(9)10/h11-15,17-22H,16H2,1-10H3. The van der Waals surface area contributed by atoms with Crippen LogP contribution in [-0.4, -0.2) is 5.78 Å². The van der Waals surface area contributed by atoms with Crippen LogP contribution < -0.4 is 0 Å². The van der Waals surface area contributed by atoms with Crippen molar-refractivity contribution in [2.75, 3.05) is 0 Å². The van der Waals surface area contributed by atoms with Crippen molar-refractivity contribution < 1.29 is 4.79 Å². The molecule has 0 saturated heterocycles. The lowest BCUT2D eigenvalue weighted by atomic mass is 9.77. The molecule has 0 aromatic heterocycles. The molecular formula is C29H43O. The minimum absolute atomic E-state index is 0.259. The van der Waals surface area contributed by atoms with Gasteiger partial charge in [0.1, 0.15) is 0 Å². The van der Waals surface area contributed by atoms with E-state index in [2.05, 4.69) is 99.9 Å². The molecule has 0 amide bonds. The SMILES string of the molecule is CC(C)C1=C(C(=O)Cc2c(C(C)C)cc(C(C)C)cc2C(C)C)C=CC(C(C)C)[CH]1. The number of carbonyl (C=O) groups is 1. The summed E-state index contributed by atoms with van der Waals surface area (Å²) in [4.78, 5) is 13.6. The Balaban J connectivity index is 2.52. The molecule has 1 heteroatoms. The zero-order valence-electron chi connectivity index (χ0n) is 21.0. The quantitative estimate of drug-likeness (QED) is 0.425. The number of allylic oxidation sites excluding steroid dienone is 4. The largest absolute Gasteiger partial charge is 0.294 e. The molecule has 1 aromatic rings. The first-order valence-corrected chi connectivity index (χ1v) is 11.9. The van der Waals surface area contributed by atoms with E-state index in [1.807, 2.05) is 0 Å². The molecule has 1 aromatic carbocycles. The first kappa shape index (κ1) is 24.6. The van der Waals surface area contributed by atoms with Crippen molar-refractivity contribution in [1.82, 2.24) is 0 Å². The monoisotopic (exact) mass is 407 g/mol. The third kappa shape index (κ3) is 5.54. The van der Waals surface area contributed by atoms with E-state index in [1.54, 1.807) is 0 Å². The van der Waals surface area contributed by atoms with Gasteiger partial charge in [-0.15, -0.1) is 0 Å². The van der Waals surface area contributed by atoms with Crippen molar-refractivity contribution in [2.24, 2.45) is 17.8 Å². The van der Waals surface area contributed by atoms with Gasteiger partial charge in [-0.2, -0.15) is 0 Å².